The summed E-state index contributed by atoms with van der Waals surface area (Å²) in [6, 6.07) is 23.6. The Morgan fingerprint density at radius 3 is 1.71 bits per heavy atom. The monoisotopic (exact) mass is 406 g/mol. The molecule has 31 heavy (non-hydrogen) atoms. The average molecular weight is 406 g/mol. The van der Waals surface area contributed by atoms with Crippen molar-refractivity contribution in [2.24, 2.45) is 0 Å². The predicted molar refractivity (Wildman–Crippen MR) is 123 cm³/mol. The van der Waals surface area contributed by atoms with E-state index < -0.39 is 5.97 Å². The number of ketones is 1. The molecule has 0 unspecified atom stereocenters. The number of hydrogen-bond donors (Lipinski definition) is 0. The molecule has 152 valence electrons. The summed E-state index contributed by atoms with van der Waals surface area (Å²) in [5.41, 5.74) is 5.83. The third-order valence-electron chi connectivity index (χ3n) is 4.63. The van der Waals surface area contributed by atoms with Crippen LogP contribution >= 0.6 is 0 Å². The van der Waals surface area contributed by atoms with Crippen LogP contribution in [0.1, 0.15) is 22.3 Å². The standard InChI is InChI=1S/C28H22O3/c1-3-27(29)19-23-9-7-21(8-10-23)5-6-22-11-15-25(16-12-22)26-17-13-24(14-18-26)20-31-28(30)4-2/h3-4,7-18H,1-2,19-20H2. The number of carbonyl (C=O) groups is 2. The highest BCUT2D eigenvalue weighted by molar-refractivity contribution is 5.90. The molecule has 3 rings (SSSR count). The predicted octanol–water partition coefficient (Wildman–Crippen LogP) is 5.28. The zero-order valence-electron chi connectivity index (χ0n) is 17.1. The summed E-state index contributed by atoms with van der Waals surface area (Å²) in [6.45, 7) is 7.10. The maximum Gasteiger partial charge on any atom is 0.330 e. The minimum absolute atomic E-state index is 0.00435. The first kappa shape index (κ1) is 21.5. The lowest BCUT2D eigenvalue weighted by Gasteiger charge is -2.05. The number of esters is 1. The lowest BCUT2D eigenvalue weighted by molar-refractivity contribution is -0.139. The fraction of sp³-hybridized carbons (Fsp3) is 0.0714. The molecule has 0 bridgehead atoms. The molecule has 0 heterocycles. The summed E-state index contributed by atoms with van der Waals surface area (Å²) in [5, 5.41) is 0. The smallest absolute Gasteiger partial charge is 0.330 e. The van der Waals surface area contributed by atoms with Crippen molar-refractivity contribution in [1.29, 1.82) is 0 Å². The summed E-state index contributed by atoms with van der Waals surface area (Å²) >= 11 is 0. The van der Waals surface area contributed by atoms with Crippen LogP contribution in [0.3, 0.4) is 0 Å². The molecular weight excluding hydrogens is 384 g/mol. The third kappa shape index (κ3) is 6.42. The molecule has 0 aromatic heterocycles. The molecule has 0 fully saturated rings. The van der Waals surface area contributed by atoms with Gasteiger partial charge in [0.2, 0.25) is 0 Å². The molecule has 0 aliphatic carbocycles. The molecule has 0 amide bonds. The highest BCUT2D eigenvalue weighted by atomic mass is 16.5. The van der Waals surface area contributed by atoms with Crippen LogP contribution in [0.4, 0.5) is 0 Å². The number of carbonyl (C=O) groups excluding carboxylic acids is 2. The highest BCUT2D eigenvalue weighted by Gasteiger charge is 2.01. The largest absolute Gasteiger partial charge is 0.458 e. The van der Waals surface area contributed by atoms with E-state index in [2.05, 4.69) is 25.0 Å². The molecule has 0 saturated carbocycles. The van der Waals surface area contributed by atoms with Gasteiger partial charge in [-0.2, -0.15) is 0 Å². The number of ether oxygens (including phenoxy) is 1. The lowest BCUT2D eigenvalue weighted by atomic mass is 10.0. The van der Waals surface area contributed by atoms with Gasteiger partial charge in [-0.25, -0.2) is 4.79 Å². The van der Waals surface area contributed by atoms with Crippen LogP contribution in [-0.2, 0) is 27.4 Å². The van der Waals surface area contributed by atoms with E-state index in [1.165, 1.54) is 6.08 Å². The number of hydrogen-bond acceptors (Lipinski definition) is 3. The molecule has 3 heteroatoms. The Kier molecular flexibility index (Phi) is 7.35. The van der Waals surface area contributed by atoms with Crippen molar-refractivity contribution in [2.45, 2.75) is 13.0 Å². The van der Waals surface area contributed by atoms with Crippen molar-refractivity contribution in [2.75, 3.05) is 0 Å². The van der Waals surface area contributed by atoms with Crippen LogP contribution in [0.15, 0.2) is 98.1 Å². The van der Waals surface area contributed by atoms with Crippen LogP contribution in [0.2, 0.25) is 0 Å². The second-order valence-electron chi connectivity index (χ2n) is 6.88. The second-order valence-corrected chi connectivity index (χ2v) is 6.88. The van der Waals surface area contributed by atoms with E-state index in [4.69, 9.17) is 4.74 Å². The van der Waals surface area contributed by atoms with E-state index in [1.807, 2.05) is 72.8 Å². The molecule has 0 N–H and O–H groups in total. The van der Waals surface area contributed by atoms with E-state index in [0.29, 0.717) is 6.42 Å². The van der Waals surface area contributed by atoms with Crippen LogP contribution in [0.5, 0.6) is 0 Å². The van der Waals surface area contributed by atoms with Crippen molar-refractivity contribution in [1.82, 2.24) is 0 Å². The normalized spacial score (nSPS) is 9.81. The molecule has 0 radical (unpaired) electrons. The quantitative estimate of drug-likeness (QED) is 0.305. The maximum atomic E-state index is 11.4. The first-order valence-electron chi connectivity index (χ1n) is 9.82. The van der Waals surface area contributed by atoms with Crippen molar-refractivity contribution in [3.63, 3.8) is 0 Å². The molecule has 0 atom stereocenters. The Hall–Kier alpha value is -4.16. The topological polar surface area (TPSA) is 43.4 Å². The van der Waals surface area contributed by atoms with Crippen molar-refractivity contribution in [3.8, 4) is 23.0 Å². The van der Waals surface area contributed by atoms with Gasteiger partial charge in [-0.15, -0.1) is 0 Å². The molecular formula is C28H22O3. The fourth-order valence-corrected chi connectivity index (χ4v) is 2.88. The average Bonchev–Trinajstić information content (AvgIpc) is 2.82. The van der Waals surface area contributed by atoms with Gasteiger partial charge in [-0.1, -0.05) is 73.5 Å². The van der Waals surface area contributed by atoms with E-state index >= 15 is 0 Å². The summed E-state index contributed by atoms with van der Waals surface area (Å²) in [6.07, 6.45) is 2.85. The molecule has 0 aliphatic heterocycles. The van der Waals surface area contributed by atoms with Crippen LogP contribution in [0, 0.1) is 11.8 Å². The van der Waals surface area contributed by atoms with Gasteiger partial charge in [0, 0.05) is 23.6 Å². The summed E-state index contributed by atoms with van der Waals surface area (Å²) < 4.78 is 5.04. The van der Waals surface area contributed by atoms with Gasteiger partial charge in [0.05, 0.1) is 0 Å². The molecule has 0 saturated heterocycles. The van der Waals surface area contributed by atoms with Gasteiger partial charge in [0.1, 0.15) is 6.61 Å². The van der Waals surface area contributed by atoms with Gasteiger partial charge >= 0.3 is 5.97 Å². The number of benzene rings is 3. The zero-order chi connectivity index (χ0) is 22.1. The Morgan fingerprint density at radius 2 is 1.19 bits per heavy atom. The maximum absolute atomic E-state index is 11.4. The molecule has 3 aromatic rings. The summed E-state index contributed by atoms with van der Waals surface area (Å²) in [7, 11) is 0. The van der Waals surface area contributed by atoms with Gasteiger partial charge in [-0.05, 0) is 52.6 Å². The van der Waals surface area contributed by atoms with Crippen LogP contribution in [-0.4, -0.2) is 11.8 Å². The number of rotatable bonds is 7. The van der Waals surface area contributed by atoms with E-state index in [9.17, 15) is 9.59 Å². The summed E-state index contributed by atoms with van der Waals surface area (Å²) in [5.74, 6) is 5.88. The van der Waals surface area contributed by atoms with Gasteiger partial charge in [-0.3, -0.25) is 4.79 Å². The molecule has 0 aliphatic rings. The molecule has 3 nitrogen and oxygen atoms in total. The van der Waals surface area contributed by atoms with Crippen molar-refractivity contribution >= 4 is 11.8 Å². The minimum atomic E-state index is -0.431. The van der Waals surface area contributed by atoms with Crippen LogP contribution < -0.4 is 0 Å². The van der Waals surface area contributed by atoms with E-state index in [0.717, 1.165) is 39.5 Å². The Balaban J connectivity index is 1.63. The molecule has 0 spiro atoms. The highest BCUT2D eigenvalue weighted by Crippen LogP contribution is 2.20. The minimum Gasteiger partial charge on any atom is -0.458 e. The van der Waals surface area contributed by atoms with Gasteiger partial charge in [0.15, 0.2) is 5.78 Å². The first-order valence-corrected chi connectivity index (χ1v) is 9.82. The second kappa shape index (κ2) is 10.6. The fourth-order valence-electron chi connectivity index (χ4n) is 2.88. The molecule has 3 aromatic carbocycles. The Bertz CT molecular complexity index is 1140. The van der Waals surface area contributed by atoms with Gasteiger partial charge in [0.25, 0.3) is 0 Å². The van der Waals surface area contributed by atoms with Crippen molar-refractivity contribution in [3.05, 3.63) is 120 Å². The Morgan fingerprint density at radius 1 is 0.710 bits per heavy atom. The van der Waals surface area contributed by atoms with Crippen LogP contribution in [0.25, 0.3) is 11.1 Å². The van der Waals surface area contributed by atoms with Gasteiger partial charge < -0.3 is 4.74 Å². The lowest BCUT2D eigenvalue weighted by Crippen LogP contribution is -1.99. The summed E-state index contributed by atoms with van der Waals surface area (Å²) in [4.78, 5) is 22.6. The Labute approximate surface area is 182 Å². The number of allylic oxidation sites excluding steroid dienone is 1. The van der Waals surface area contributed by atoms with E-state index in [1.54, 1.807) is 0 Å². The SMILES string of the molecule is C=CC(=O)Cc1ccc(C#Cc2ccc(-c3ccc(COC(=O)C=C)cc3)cc2)cc1. The van der Waals surface area contributed by atoms with Crippen molar-refractivity contribution < 1.29 is 14.3 Å². The first-order chi connectivity index (χ1) is 15.1. The zero-order valence-corrected chi connectivity index (χ0v) is 17.1. The third-order valence-corrected chi connectivity index (χ3v) is 4.63. The van der Waals surface area contributed by atoms with E-state index in [-0.39, 0.29) is 12.4 Å².